The number of benzene rings is 1. The summed E-state index contributed by atoms with van der Waals surface area (Å²) < 4.78 is 6.93. The van der Waals surface area contributed by atoms with Gasteiger partial charge in [0.2, 0.25) is 0 Å². The Morgan fingerprint density at radius 3 is 2.59 bits per heavy atom. The summed E-state index contributed by atoms with van der Waals surface area (Å²) >= 11 is 3.52. The zero-order chi connectivity index (χ0) is 12.6. The molecule has 1 N–H and O–H groups in total. The van der Waals surface area contributed by atoms with E-state index in [1.54, 1.807) is 0 Å². The molecule has 0 fully saturated rings. The van der Waals surface area contributed by atoms with Gasteiger partial charge in [0.15, 0.2) is 0 Å². The molecule has 0 saturated heterocycles. The molecular weight excluding hydrogens is 278 g/mol. The Kier molecular flexibility index (Phi) is 3.32. The van der Waals surface area contributed by atoms with Gasteiger partial charge in [0.25, 0.3) is 0 Å². The van der Waals surface area contributed by atoms with Crippen molar-refractivity contribution in [3.63, 3.8) is 0 Å². The third-order valence-electron chi connectivity index (χ3n) is 2.79. The van der Waals surface area contributed by atoms with E-state index in [2.05, 4.69) is 55.0 Å². The quantitative estimate of drug-likeness (QED) is 0.889. The summed E-state index contributed by atoms with van der Waals surface area (Å²) in [7, 11) is 0. The van der Waals surface area contributed by atoms with Gasteiger partial charge < -0.3 is 9.73 Å². The van der Waals surface area contributed by atoms with E-state index in [1.165, 1.54) is 10.9 Å². The van der Waals surface area contributed by atoms with Crippen LogP contribution in [-0.2, 0) is 6.54 Å². The van der Waals surface area contributed by atoms with Crippen LogP contribution >= 0.6 is 15.9 Å². The van der Waals surface area contributed by atoms with Gasteiger partial charge in [-0.25, -0.2) is 0 Å². The molecule has 1 heterocycles. The summed E-state index contributed by atoms with van der Waals surface area (Å²) in [5, 5.41) is 4.64. The summed E-state index contributed by atoms with van der Waals surface area (Å²) in [6.45, 7) is 9.33. The van der Waals surface area contributed by atoms with E-state index in [9.17, 15) is 0 Å². The largest absolute Gasteiger partial charge is 0.458 e. The minimum absolute atomic E-state index is 0.0998. The smallest absolute Gasteiger partial charge is 0.148 e. The van der Waals surface area contributed by atoms with Crippen LogP contribution in [0.2, 0.25) is 0 Å². The Labute approximate surface area is 111 Å². The molecule has 2 aromatic rings. The average Bonchev–Trinajstić information content (AvgIpc) is 2.54. The van der Waals surface area contributed by atoms with Crippen LogP contribution in [0, 0.1) is 6.92 Å². The van der Waals surface area contributed by atoms with Crippen LogP contribution in [-0.4, -0.2) is 5.54 Å². The summed E-state index contributed by atoms with van der Waals surface area (Å²) in [6, 6.07) is 6.14. The minimum Gasteiger partial charge on any atom is -0.458 e. The molecule has 0 aliphatic heterocycles. The number of rotatable bonds is 2. The topological polar surface area (TPSA) is 25.2 Å². The lowest BCUT2D eigenvalue weighted by molar-refractivity contribution is 0.394. The highest BCUT2D eigenvalue weighted by atomic mass is 79.9. The van der Waals surface area contributed by atoms with Gasteiger partial charge in [0.1, 0.15) is 11.3 Å². The Morgan fingerprint density at radius 1 is 1.29 bits per heavy atom. The molecule has 17 heavy (non-hydrogen) atoms. The molecule has 1 aromatic carbocycles. The van der Waals surface area contributed by atoms with Gasteiger partial charge >= 0.3 is 0 Å². The number of fused-ring (bicyclic) bond motifs is 1. The Morgan fingerprint density at radius 2 is 2.00 bits per heavy atom. The molecule has 0 aliphatic rings. The molecule has 3 heteroatoms. The summed E-state index contributed by atoms with van der Waals surface area (Å²) in [6.07, 6.45) is 0. The molecule has 2 rings (SSSR count). The van der Waals surface area contributed by atoms with Gasteiger partial charge in [0.05, 0.1) is 11.0 Å². The second-order valence-corrected chi connectivity index (χ2v) is 6.22. The molecule has 92 valence electrons. The molecule has 0 amide bonds. The van der Waals surface area contributed by atoms with Crippen molar-refractivity contribution in [3.05, 3.63) is 34.0 Å². The first kappa shape index (κ1) is 12.7. The molecule has 0 aliphatic carbocycles. The first-order chi connectivity index (χ1) is 7.88. The van der Waals surface area contributed by atoms with Crippen molar-refractivity contribution in [2.45, 2.75) is 39.8 Å². The SMILES string of the molecule is Cc1c(CNC(C)(C)C)oc2c(Br)cccc12. The van der Waals surface area contributed by atoms with Crippen molar-refractivity contribution in [2.75, 3.05) is 0 Å². The summed E-state index contributed by atoms with van der Waals surface area (Å²) in [4.78, 5) is 0. The molecule has 0 bridgehead atoms. The van der Waals surface area contributed by atoms with E-state index in [0.717, 1.165) is 22.4 Å². The lowest BCUT2D eigenvalue weighted by Gasteiger charge is -2.19. The molecular formula is C14H18BrNO. The van der Waals surface area contributed by atoms with Crippen LogP contribution < -0.4 is 5.32 Å². The molecule has 0 atom stereocenters. The van der Waals surface area contributed by atoms with E-state index in [1.807, 2.05) is 12.1 Å². The highest BCUT2D eigenvalue weighted by molar-refractivity contribution is 9.10. The second-order valence-electron chi connectivity index (χ2n) is 5.37. The molecule has 0 unspecified atom stereocenters. The van der Waals surface area contributed by atoms with Crippen molar-refractivity contribution in [1.29, 1.82) is 0 Å². The van der Waals surface area contributed by atoms with Crippen LogP contribution in [0.4, 0.5) is 0 Å². The number of hydrogen-bond acceptors (Lipinski definition) is 2. The number of halogens is 1. The van der Waals surface area contributed by atoms with Crippen molar-refractivity contribution in [1.82, 2.24) is 5.32 Å². The van der Waals surface area contributed by atoms with E-state index >= 15 is 0 Å². The lowest BCUT2D eigenvalue weighted by atomic mass is 10.1. The second kappa shape index (κ2) is 4.46. The van der Waals surface area contributed by atoms with Gasteiger partial charge in [-0.15, -0.1) is 0 Å². The molecule has 1 aromatic heterocycles. The fourth-order valence-electron chi connectivity index (χ4n) is 1.77. The highest BCUT2D eigenvalue weighted by Gasteiger charge is 2.15. The van der Waals surface area contributed by atoms with Crippen LogP contribution in [0.5, 0.6) is 0 Å². The predicted octanol–water partition coefficient (Wildman–Crippen LogP) is 4.39. The minimum atomic E-state index is 0.0998. The summed E-state index contributed by atoms with van der Waals surface area (Å²) in [5.74, 6) is 1.02. The van der Waals surface area contributed by atoms with Crippen molar-refractivity contribution in [3.8, 4) is 0 Å². The maximum absolute atomic E-state index is 5.92. The fourth-order valence-corrected chi connectivity index (χ4v) is 2.22. The van der Waals surface area contributed by atoms with Crippen LogP contribution in [0.25, 0.3) is 11.0 Å². The van der Waals surface area contributed by atoms with Crippen molar-refractivity contribution >= 4 is 26.9 Å². The van der Waals surface area contributed by atoms with Gasteiger partial charge in [-0.2, -0.15) is 0 Å². The summed E-state index contributed by atoms with van der Waals surface area (Å²) in [5.41, 5.74) is 2.26. The van der Waals surface area contributed by atoms with Crippen molar-refractivity contribution < 1.29 is 4.42 Å². The maximum Gasteiger partial charge on any atom is 0.148 e. The Balaban J connectivity index is 2.36. The standard InChI is InChI=1S/C14H18BrNO/c1-9-10-6-5-7-11(15)13(10)17-12(9)8-16-14(2,3)4/h5-7,16H,8H2,1-4H3. The average molecular weight is 296 g/mol. The Bertz CT molecular complexity index is 537. The number of hydrogen-bond donors (Lipinski definition) is 1. The van der Waals surface area contributed by atoms with Gasteiger partial charge in [-0.3, -0.25) is 0 Å². The maximum atomic E-state index is 5.92. The molecule has 2 nitrogen and oxygen atoms in total. The monoisotopic (exact) mass is 295 g/mol. The first-order valence-corrected chi connectivity index (χ1v) is 6.59. The van der Waals surface area contributed by atoms with E-state index in [0.29, 0.717) is 0 Å². The van der Waals surface area contributed by atoms with Crippen LogP contribution in [0.1, 0.15) is 32.1 Å². The Hall–Kier alpha value is -0.800. The van der Waals surface area contributed by atoms with Gasteiger partial charge in [-0.1, -0.05) is 12.1 Å². The van der Waals surface area contributed by atoms with E-state index in [4.69, 9.17) is 4.42 Å². The first-order valence-electron chi connectivity index (χ1n) is 5.80. The number of para-hydroxylation sites is 1. The fraction of sp³-hybridized carbons (Fsp3) is 0.429. The lowest BCUT2D eigenvalue weighted by Crippen LogP contribution is -2.35. The molecule has 0 spiro atoms. The zero-order valence-electron chi connectivity index (χ0n) is 10.7. The van der Waals surface area contributed by atoms with Gasteiger partial charge in [-0.05, 0) is 55.3 Å². The zero-order valence-corrected chi connectivity index (χ0v) is 12.3. The van der Waals surface area contributed by atoms with Crippen molar-refractivity contribution in [2.24, 2.45) is 0 Å². The van der Waals surface area contributed by atoms with Crippen LogP contribution in [0.3, 0.4) is 0 Å². The van der Waals surface area contributed by atoms with E-state index in [-0.39, 0.29) is 5.54 Å². The normalized spacial score (nSPS) is 12.3. The van der Waals surface area contributed by atoms with Gasteiger partial charge in [0, 0.05) is 10.9 Å². The highest BCUT2D eigenvalue weighted by Crippen LogP contribution is 2.30. The van der Waals surface area contributed by atoms with E-state index < -0.39 is 0 Å². The third kappa shape index (κ3) is 2.72. The molecule has 0 radical (unpaired) electrons. The number of furan rings is 1. The molecule has 0 saturated carbocycles. The predicted molar refractivity (Wildman–Crippen MR) is 75.2 cm³/mol. The number of nitrogens with one attached hydrogen (secondary N) is 1. The number of aryl methyl sites for hydroxylation is 1. The van der Waals surface area contributed by atoms with Crippen LogP contribution in [0.15, 0.2) is 27.1 Å². The third-order valence-corrected chi connectivity index (χ3v) is 3.42.